The van der Waals surface area contributed by atoms with Gasteiger partial charge in [0.25, 0.3) is 0 Å². The van der Waals surface area contributed by atoms with E-state index < -0.39 is 0 Å². The van der Waals surface area contributed by atoms with Crippen molar-refractivity contribution in [2.24, 2.45) is 0 Å². The van der Waals surface area contributed by atoms with Gasteiger partial charge in [0, 0.05) is 5.02 Å². The van der Waals surface area contributed by atoms with Crippen LogP contribution in [0.2, 0.25) is 10.0 Å². The van der Waals surface area contributed by atoms with Gasteiger partial charge in [-0.2, -0.15) is 5.10 Å². The highest BCUT2D eigenvalue weighted by Crippen LogP contribution is 2.28. The molecule has 0 radical (unpaired) electrons. The van der Waals surface area contributed by atoms with Crippen LogP contribution in [-0.4, -0.2) is 20.7 Å². The number of thiazole rings is 1. The monoisotopic (exact) mass is 354 g/mol. The molecule has 0 saturated heterocycles. The molecular weight excluding hydrogens is 343 g/mol. The van der Waals surface area contributed by atoms with E-state index in [0.29, 0.717) is 20.9 Å². The number of hydrogen-bond acceptors (Lipinski definition) is 4. The SMILES string of the molecule is Cc1nn(CC(=O)Nc2nc3ccc(Cl)cc3s2)c(C)c1Cl. The first-order valence-corrected chi connectivity index (χ1v) is 8.07. The van der Waals surface area contributed by atoms with Crippen molar-refractivity contribution >= 4 is 55.8 Å². The van der Waals surface area contributed by atoms with Gasteiger partial charge in [-0.25, -0.2) is 4.98 Å². The van der Waals surface area contributed by atoms with Gasteiger partial charge in [-0.05, 0) is 32.0 Å². The molecule has 2 heterocycles. The van der Waals surface area contributed by atoms with E-state index in [4.69, 9.17) is 23.2 Å². The molecule has 3 rings (SSSR count). The molecule has 22 heavy (non-hydrogen) atoms. The van der Waals surface area contributed by atoms with Crippen molar-refractivity contribution in [3.8, 4) is 0 Å². The second-order valence-corrected chi connectivity index (χ2v) is 6.67. The van der Waals surface area contributed by atoms with Crippen LogP contribution in [0.4, 0.5) is 5.13 Å². The minimum absolute atomic E-state index is 0.0933. The Bertz CT molecular complexity index is 871. The molecule has 0 spiro atoms. The predicted octanol–water partition coefficient (Wildman–Crippen LogP) is 4.06. The van der Waals surface area contributed by atoms with Gasteiger partial charge >= 0.3 is 0 Å². The third kappa shape index (κ3) is 2.95. The second-order valence-electron chi connectivity index (χ2n) is 4.82. The Morgan fingerprint density at radius 1 is 1.36 bits per heavy atom. The summed E-state index contributed by atoms with van der Waals surface area (Å²) >= 11 is 13.4. The van der Waals surface area contributed by atoms with Crippen molar-refractivity contribution in [2.75, 3.05) is 5.32 Å². The van der Waals surface area contributed by atoms with Gasteiger partial charge in [0.1, 0.15) is 6.54 Å². The molecule has 0 aliphatic heterocycles. The molecule has 1 N–H and O–H groups in total. The number of carbonyl (C=O) groups is 1. The molecule has 5 nitrogen and oxygen atoms in total. The zero-order chi connectivity index (χ0) is 15.9. The number of fused-ring (bicyclic) bond motifs is 1. The van der Waals surface area contributed by atoms with Crippen molar-refractivity contribution < 1.29 is 4.79 Å². The maximum absolute atomic E-state index is 12.1. The molecule has 2 aromatic heterocycles. The quantitative estimate of drug-likeness (QED) is 0.771. The number of nitrogens with zero attached hydrogens (tertiary/aromatic N) is 3. The maximum atomic E-state index is 12.1. The molecule has 114 valence electrons. The topological polar surface area (TPSA) is 59.8 Å². The lowest BCUT2D eigenvalue weighted by atomic mass is 10.3. The van der Waals surface area contributed by atoms with Crippen LogP contribution >= 0.6 is 34.5 Å². The third-order valence-corrected chi connectivity index (χ3v) is 4.90. The van der Waals surface area contributed by atoms with E-state index in [1.807, 2.05) is 19.1 Å². The summed E-state index contributed by atoms with van der Waals surface area (Å²) in [4.78, 5) is 16.5. The van der Waals surface area contributed by atoms with Gasteiger partial charge in [0.15, 0.2) is 5.13 Å². The lowest BCUT2D eigenvalue weighted by molar-refractivity contribution is -0.116. The van der Waals surface area contributed by atoms with E-state index in [1.165, 1.54) is 11.3 Å². The van der Waals surface area contributed by atoms with E-state index in [9.17, 15) is 4.79 Å². The fourth-order valence-corrected chi connectivity index (χ4v) is 3.37. The summed E-state index contributed by atoms with van der Waals surface area (Å²) in [7, 11) is 0. The number of aromatic nitrogens is 3. The number of nitrogens with one attached hydrogen (secondary N) is 1. The first kappa shape index (κ1) is 15.3. The van der Waals surface area contributed by atoms with Crippen LogP contribution in [-0.2, 0) is 11.3 Å². The van der Waals surface area contributed by atoms with Gasteiger partial charge in [-0.15, -0.1) is 0 Å². The van der Waals surface area contributed by atoms with Crippen molar-refractivity contribution in [2.45, 2.75) is 20.4 Å². The summed E-state index contributed by atoms with van der Waals surface area (Å²) < 4.78 is 2.51. The van der Waals surface area contributed by atoms with Crippen LogP contribution in [0.25, 0.3) is 10.2 Å². The van der Waals surface area contributed by atoms with Crippen molar-refractivity contribution in [1.82, 2.24) is 14.8 Å². The molecule has 0 atom stereocenters. The molecule has 0 unspecified atom stereocenters. The standard InChI is InChI=1S/C14H12Cl2N4OS/c1-7-13(16)8(2)20(19-7)6-12(21)18-14-17-10-4-3-9(15)5-11(10)22-14/h3-5H,6H2,1-2H3,(H,17,18,21). The smallest absolute Gasteiger partial charge is 0.247 e. The molecule has 3 aromatic rings. The summed E-state index contributed by atoms with van der Waals surface area (Å²) in [6.07, 6.45) is 0. The highest BCUT2D eigenvalue weighted by Gasteiger charge is 2.13. The minimum atomic E-state index is -0.201. The Kier molecular flexibility index (Phi) is 4.08. The minimum Gasteiger partial charge on any atom is -0.300 e. The zero-order valence-electron chi connectivity index (χ0n) is 11.9. The number of hydrogen-bond donors (Lipinski definition) is 1. The molecular formula is C14H12Cl2N4OS. The first-order chi connectivity index (χ1) is 10.4. The van der Waals surface area contributed by atoms with E-state index in [1.54, 1.807) is 17.7 Å². The lowest BCUT2D eigenvalue weighted by Gasteiger charge is -2.04. The number of aryl methyl sites for hydroxylation is 1. The largest absolute Gasteiger partial charge is 0.300 e. The number of benzene rings is 1. The van der Waals surface area contributed by atoms with Crippen LogP contribution in [0, 0.1) is 13.8 Å². The fourth-order valence-electron chi connectivity index (χ4n) is 2.08. The third-order valence-electron chi connectivity index (χ3n) is 3.18. The van der Waals surface area contributed by atoms with Crippen molar-refractivity contribution in [3.05, 3.63) is 39.6 Å². The van der Waals surface area contributed by atoms with Crippen LogP contribution in [0.15, 0.2) is 18.2 Å². The maximum Gasteiger partial charge on any atom is 0.247 e. The average Bonchev–Trinajstić information content (AvgIpc) is 2.95. The molecule has 1 aromatic carbocycles. The van der Waals surface area contributed by atoms with Crippen molar-refractivity contribution in [3.63, 3.8) is 0 Å². The summed E-state index contributed by atoms with van der Waals surface area (Å²) in [5, 5.41) is 8.78. The Morgan fingerprint density at radius 2 is 2.14 bits per heavy atom. The number of amides is 1. The van der Waals surface area contributed by atoms with Crippen LogP contribution < -0.4 is 5.32 Å². The molecule has 1 amide bonds. The van der Waals surface area contributed by atoms with Crippen LogP contribution in [0.3, 0.4) is 0 Å². The van der Waals surface area contributed by atoms with Gasteiger partial charge in [0.05, 0.1) is 26.6 Å². The lowest BCUT2D eigenvalue weighted by Crippen LogP contribution is -2.20. The number of anilines is 1. The van der Waals surface area contributed by atoms with E-state index in [-0.39, 0.29) is 12.5 Å². The molecule has 0 aliphatic carbocycles. The Hall–Kier alpha value is -1.63. The first-order valence-electron chi connectivity index (χ1n) is 6.49. The average molecular weight is 355 g/mol. The molecule has 0 saturated carbocycles. The van der Waals surface area contributed by atoms with Crippen LogP contribution in [0.5, 0.6) is 0 Å². The zero-order valence-corrected chi connectivity index (χ0v) is 14.2. The van der Waals surface area contributed by atoms with Gasteiger partial charge in [-0.3, -0.25) is 9.48 Å². The Balaban J connectivity index is 1.76. The van der Waals surface area contributed by atoms with Crippen LogP contribution in [0.1, 0.15) is 11.4 Å². The van der Waals surface area contributed by atoms with E-state index in [2.05, 4.69) is 15.4 Å². The van der Waals surface area contributed by atoms with E-state index >= 15 is 0 Å². The Morgan fingerprint density at radius 3 is 2.82 bits per heavy atom. The van der Waals surface area contributed by atoms with Gasteiger partial charge in [0.2, 0.25) is 5.91 Å². The predicted molar refractivity (Wildman–Crippen MR) is 90.0 cm³/mol. The molecule has 0 fully saturated rings. The highest BCUT2D eigenvalue weighted by atomic mass is 35.5. The summed E-state index contributed by atoms with van der Waals surface area (Å²) in [6.45, 7) is 3.73. The number of halogens is 2. The number of carbonyl (C=O) groups excluding carboxylic acids is 1. The Labute approximate surface area is 140 Å². The summed E-state index contributed by atoms with van der Waals surface area (Å²) in [6, 6.07) is 5.42. The summed E-state index contributed by atoms with van der Waals surface area (Å²) in [5.74, 6) is -0.201. The highest BCUT2D eigenvalue weighted by molar-refractivity contribution is 7.22. The molecule has 0 bridgehead atoms. The number of rotatable bonds is 3. The molecule has 0 aliphatic rings. The fraction of sp³-hybridized carbons (Fsp3) is 0.214. The van der Waals surface area contributed by atoms with E-state index in [0.717, 1.165) is 15.9 Å². The van der Waals surface area contributed by atoms with Crippen molar-refractivity contribution in [1.29, 1.82) is 0 Å². The second kappa shape index (κ2) is 5.87. The molecule has 8 heteroatoms. The normalized spacial score (nSPS) is 11.1. The summed E-state index contributed by atoms with van der Waals surface area (Å²) in [5.41, 5.74) is 2.28. The van der Waals surface area contributed by atoms with Gasteiger partial charge in [-0.1, -0.05) is 34.5 Å². The van der Waals surface area contributed by atoms with Gasteiger partial charge < -0.3 is 5.32 Å².